The Kier molecular flexibility index (Phi) is 4.33. The maximum Gasteiger partial charge on any atom is 0.466 e. The highest BCUT2D eigenvalue weighted by atomic mass is 31.2. The van der Waals surface area contributed by atoms with Crippen LogP contribution in [0.25, 0.3) is 0 Å². The first kappa shape index (κ1) is 9.74. The summed E-state index contributed by atoms with van der Waals surface area (Å²) in [6, 6.07) is 0. The van der Waals surface area contributed by atoms with Crippen LogP contribution in [0.15, 0.2) is 0 Å². The maximum atomic E-state index is 8.88. The van der Waals surface area contributed by atoms with E-state index >= 15 is 0 Å². The molecule has 3 N–H and O–H groups in total. The summed E-state index contributed by atoms with van der Waals surface area (Å²) in [5, 5.41) is 0. The first-order valence-electron chi connectivity index (χ1n) is 0.783. The monoisotopic (exact) mass is 132 g/mol. The summed E-state index contributed by atoms with van der Waals surface area (Å²) < 4.78 is 8.88. The smallest absolute Gasteiger partial charge is 0.303 e. The minimum Gasteiger partial charge on any atom is -0.303 e. The van der Waals surface area contributed by atoms with Gasteiger partial charge in [0, 0.05) is 0 Å². The molecule has 0 aromatic heterocycles. The predicted octanol–water partition coefficient (Wildman–Crippen LogP) is -0.871. The van der Waals surface area contributed by atoms with Gasteiger partial charge < -0.3 is 14.7 Å². The molecule has 0 aromatic rings. The molecule has 0 spiro atoms. The number of hydrogen-bond acceptors (Lipinski definition) is 1. The molecule has 0 amide bonds. The van der Waals surface area contributed by atoms with Gasteiger partial charge in [-0.05, 0) is 0 Å². The highest BCUT2D eigenvalue weighted by molar-refractivity contribution is 7.45. The quantitative estimate of drug-likeness (QED) is 0.374. The minimum atomic E-state index is -4.64. The van der Waals surface area contributed by atoms with Gasteiger partial charge in [-0.1, -0.05) is 0 Å². The van der Waals surface area contributed by atoms with Gasteiger partial charge in [0.2, 0.25) is 0 Å². The normalized spacial score (nSPS) is 9.83. The molecule has 1 unspecified atom stereocenters. The SMILES string of the molecule is O=P(O)(O)O.P. The minimum absolute atomic E-state index is 0. The van der Waals surface area contributed by atoms with E-state index in [-0.39, 0.29) is 9.90 Å². The molecule has 40 valence electrons. The van der Waals surface area contributed by atoms with Crippen LogP contribution in [0, 0.1) is 0 Å². The summed E-state index contributed by atoms with van der Waals surface area (Å²) >= 11 is 0. The van der Waals surface area contributed by atoms with Gasteiger partial charge in [0.15, 0.2) is 0 Å². The third-order valence-corrected chi connectivity index (χ3v) is 0. The topological polar surface area (TPSA) is 77.8 Å². The molecule has 0 saturated carbocycles. The van der Waals surface area contributed by atoms with Crippen LogP contribution in [-0.4, -0.2) is 14.7 Å². The zero-order valence-corrected chi connectivity index (χ0v) is 5.21. The van der Waals surface area contributed by atoms with Crippen molar-refractivity contribution in [3.63, 3.8) is 0 Å². The highest BCUT2D eigenvalue weighted by Crippen LogP contribution is 2.25. The van der Waals surface area contributed by atoms with Crippen molar-refractivity contribution in [3.8, 4) is 0 Å². The van der Waals surface area contributed by atoms with Crippen molar-refractivity contribution in [2.75, 3.05) is 0 Å². The lowest BCUT2D eigenvalue weighted by Crippen LogP contribution is -1.66. The Balaban J connectivity index is 0. The van der Waals surface area contributed by atoms with Crippen molar-refractivity contribution < 1.29 is 19.2 Å². The fraction of sp³-hybridized carbons (Fsp3) is 0. The van der Waals surface area contributed by atoms with E-state index in [2.05, 4.69) is 0 Å². The van der Waals surface area contributed by atoms with Gasteiger partial charge >= 0.3 is 7.82 Å². The van der Waals surface area contributed by atoms with Gasteiger partial charge in [0.05, 0.1) is 0 Å². The van der Waals surface area contributed by atoms with Crippen molar-refractivity contribution in [1.82, 2.24) is 0 Å². The van der Waals surface area contributed by atoms with Crippen LogP contribution in [0.5, 0.6) is 0 Å². The molecule has 0 aliphatic rings. The Morgan fingerprint density at radius 1 is 1.17 bits per heavy atom. The number of phosphoric acid groups is 1. The van der Waals surface area contributed by atoms with Gasteiger partial charge in [0.1, 0.15) is 0 Å². The Morgan fingerprint density at radius 2 is 1.17 bits per heavy atom. The average molecular weight is 132 g/mol. The molecule has 4 nitrogen and oxygen atoms in total. The molecule has 0 bridgehead atoms. The van der Waals surface area contributed by atoms with E-state index in [1.54, 1.807) is 0 Å². The third kappa shape index (κ3) is 195. The lowest BCUT2D eigenvalue weighted by molar-refractivity contribution is 0.275. The van der Waals surface area contributed by atoms with E-state index in [0.717, 1.165) is 0 Å². The highest BCUT2D eigenvalue weighted by Gasteiger charge is 2.00. The van der Waals surface area contributed by atoms with Gasteiger partial charge in [-0.25, -0.2) is 4.57 Å². The standard InChI is InChI=1S/H3O4P.H3P/c1-5(2,3)4;/h(H3,1,2,3,4);1H3. The molecule has 6 heteroatoms. The average Bonchev–Trinajstić information content (AvgIpc) is 0.722. The van der Waals surface area contributed by atoms with Crippen LogP contribution < -0.4 is 0 Å². The fourth-order valence-corrected chi connectivity index (χ4v) is 0. The molecule has 0 radical (unpaired) electrons. The Labute approximate surface area is 38.1 Å². The van der Waals surface area contributed by atoms with Gasteiger partial charge in [-0.15, -0.1) is 0 Å². The van der Waals surface area contributed by atoms with Crippen LogP contribution in [-0.2, 0) is 4.57 Å². The second-order valence-electron chi connectivity index (χ2n) is 0.513. The molecule has 6 heavy (non-hydrogen) atoms. The Morgan fingerprint density at radius 3 is 1.17 bits per heavy atom. The van der Waals surface area contributed by atoms with Crippen molar-refractivity contribution in [3.05, 3.63) is 0 Å². The Bertz CT molecular complexity index is 51.7. The maximum absolute atomic E-state index is 8.88. The van der Waals surface area contributed by atoms with Crippen molar-refractivity contribution in [2.24, 2.45) is 0 Å². The van der Waals surface area contributed by atoms with Crippen LogP contribution in [0.3, 0.4) is 0 Å². The van der Waals surface area contributed by atoms with Crippen LogP contribution in [0.2, 0.25) is 0 Å². The summed E-state index contributed by atoms with van der Waals surface area (Å²) in [4.78, 5) is 21.6. The number of hydrogen-bond donors (Lipinski definition) is 3. The predicted molar refractivity (Wildman–Crippen MR) is 25.4 cm³/mol. The summed E-state index contributed by atoms with van der Waals surface area (Å²) in [7, 11) is -4.64. The van der Waals surface area contributed by atoms with Gasteiger partial charge in [-0.2, -0.15) is 9.90 Å². The van der Waals surface area contributed by atoms with E-state index in [1.165, 1.54) is 0 Å². The van der Waals surface area contributed by atoms with Crippen LogP contribution in [0.1, 0.15) is 0 Å². The molecule has 0 aliphatic carbocycles. The van der Waals surface area contributed by atoms with E-state index in [0.29, 0.717) is 0 Å². The molecular weight excluding hydrogens is 126 g/mol. The van der Waals surface area contributed by atoms with Crippen LogP contribution >= 0.6 is 17.7 Å². The van der Waals surface area contributed by atoms with E-state index in [9.17, 15) is 0 Å². The summed E-state index contributed by atoms with van der Waals surface area (Å²) in [6.45, 7) is 0. The van der Waals surface area contributed by atoms with E-state index < -0.39 is 7.82 Å². The summed E-state index contributed by atoms with van der Waals surface area (Å²) in [5.41, 5.74) is 0. The molecule has 1 atom stereocenters. The molecule has 0 rings (SSSR count). The van der Waals surface area contributed by atoms with Gasteiger partial charge in [0.25, 0.3) is 0 Å². The second-order valence-corrected chi connectivity index (χ2v) is 1.54. The molecule has 0 heterocycles. The molecule has 0 saturated heterocycles. The van der Waals surface area contributed by atoms with Crippen LogP contribution in [0.4, 0.5) is 0 Å². The lowest BCUT2D eigenvalue weighted by Gasteiger charge is -1.82. The molecule has 0 aliphatic heterocycles. The molecule has 0 aromatic carbocycles. The number of rotatable bonds is 0. The molecule has 0 fully saturated rings. The van der Waals surface area contributed by atoms with Crippen molar-refractivity contribution >= 4 is 17.7 Å². The first-order valence-corrected chi connectivity index (χ1v) is 2.35. The lowest BCUT2D eigenvalue weighted by atomic mass is 15.8. The largest absolute Gasteiger partial charge is 0.466 e. The first-order chi connectivity index (χ1) is 2.00. The van der Waals surface area contributed by atoms with E-state index in [4.69, 9.17) is 19.2 Å². The third-order valence-electron chi connectivity index (χ3n) is 0. The summed E-state index contributed by atoms with van der Waals surface area (Å²) in [5.74, 6) is 0. The molecular formula is H6O4P2. The second kappa shape index (κ2) is 2.67. The Hall–Kier alpha value is 0.540. The van der Waals surface area contributed by atoms with E-state index in [1.807, 2.05) is 0 Å². The summed E-state index contributed by atoms with van der Waals surface area (Å²) in [6.07, 6.45) is 0. The van der Waals surface area contributed by atoms with Gasteiger partial charge in [-0.3, -0.25) is 0 Å². The zero-order valence-electron chi connectivity index (χ0n) is 2.90. The van der Waals surface area contributed by atoms with Crippen molar-refractivity contribution in [1.29, 1.82) is 0 Å². The fourth-order valence-electron chi connectivity index (χ4n) is 0. The zero-order chi connectivity index (χ0) is 4.50. The van der Waals surface area contributed by atoms with Crippen molar-refractivity contribution in [2.45, 2.75) is 0 Å².